The van der Waals surface area contributed by atoms with Gasteiger partial charge in [-0.2, -0.15) is 0 Å². The Morgan fingerprint density at radius 1 is 0.481 bits per heavy atom. The fraction of sp³-hybridized carbons (Fsp3) is 0.240. The second kappa shape index (κ2) is 12.4. The molecule has 6 aromatic carbocycles. The molecule has 0 saturated carbocycles. The summed E-state index contributed by atoms with van der Waals surface area (Å²) in [5.74, 6) is 0.607. The zero-order valence-electron chi connectivity index (χ0n) is 31.4. The van der Waals surface area contributed by atoms with Crippen molar-refractivity contribution in [2.45, 2.75) is 72.1 Å². The number of aromatic hydroxyl groups is 2. The smallest absolute Gasteiger partial charge is 0.131 e. The number of hydrogen-bond donors (Lipinski definition) is 2. The zero-order chi connectivity index (χ0) is 36.5. The zero-order valence-corrected chi connectivity index (χ0v) is 31.4. The molecule has 0 bridgehead atoms. The first-order valence-corrected chi connectivity index (χ1v) is 18.7. The summed E-state index contributed by atoms with van der Waals surface area (Å²) in [4.78, 5) is 0. The number of para-hydroxylation sites is 1. The molecule has 2 aliphatic rings. The average Bonchev–Trinajstić information content (AvgIpc) is 3.45. The Bertz CT molecular complexity index is 2330. The third-order valence-electron chi connectivity index (χ3n) is 11.4. The molecule has 0 heterocycles. The Kier molecular flexibility index (Phi) is 8.06. The quantitative estimate of drug-likeness (QED) is 0.195. The van der Waals surface area contributed by atoms with Gasteiger partial charge in [-0.1, -0.05) is 164 Å². The van der Waals surface area contributed by atoms with Crippen LogP contribution in [0.1, 0.15) is 88.3 Å². The number of hydrogen-bond acceptors (Lipinski definition) is 2. The number of benzene rings is 6. The predicted octanol–water partition coefficient (Wildman–Crippen LogP) is 13.2. The van der Waals surface area contributed by atoms with E-state index in [9.17, 15) is 10.2 Å². The number of allylic oxidation sites excluding steroid dienone is 1. The number of phenolic OH excluding ortho intramolecular Hbond substituents is 2. The summed E-state index contributed by atoms with van der Waals surface area (Å²) >= 11 is 0. The highest BCUT2D eigenvalue weighted by molar-refractivity contribution is 6.13. The van der Waals surface area contributed by atoms with E-state index in [2.05, 4.69) is 152 Å². The van der Waals surface area contributed by atoms with E-state index in [1.807, 2.05) is 18.2 Å². The van der Waals surface area contributed by atoms with Gasteiger partial charge in [-0.05, 0) is 102 Å². The fourth-order valence-corrected chi connectivity index (χ4v) is 8.43. The standard InChI is InChI=1S/C50H48O2/c1-30-19-20-33-29-42(32-23-27-35(28-24-32)50(5,6)7)48(52)46(41-18-12-17-36(47(41)51)31-21-25-34(26-22-31)49(2,3)4)44(33)43(30)45-39-15-10-8-13-37(39)38-14-9-11-16-40(38)45/h8-18,21-30,51-52H,19-20H2,1-7H3. The largest absolute Gasteiger partial charge is 0.507 e. The summed E-state index contributed by atoms with van der Waals surface area (Å²) in [6.07, 6.45) is 1.88. The number of aryl methyl sites for hydroxylation is 1. The van der Waals surface area contributed by atoms with Crippen molar-refractivity contribution in [1.29, 1.82) is 0 Å². The van der Waals surface area contributed by atoms with Gasteiger partial charge in [-0.25, -0.2) is 0 Å². The van der Waals surface area contributed by atoms with Crippen LogP contribution in [0.2, 0.25) is 0 Å². The molecule has 1 unspecified atom stereocenters. The molecular formula is C50H48O2. The third-order valence-corrected chi connectivity index (χ3v) is 11.4. The molecule has 2 N–H and O–H groups in total. The van der Waals surface area contributed by atoms with Crippen LogP contribution in [-0.2, 0) is 17.3 Å². The normalized spacial score (nSPS) is 15.3. The minimum absolute atomic E-state index is 0.0178. The summed E-state index contributed by atoms with van der Waals surface area (Å²) in [5.41, 5.74) is 17.0. The molecule has 0 aromatic heterocycles. The molecule has 0 fully saturated rings. The average molecular weight is 681 g/mol. The molecule has 0 amide bonds. The second-order valence-corrected chi connectivity index (χ2v) is 16.9. The Balaban J connectivity index is 1.43. The van der Waals surface area contributed by atoms with Crippen LogP contribution in [0, 0.1) is 5.92 Å². The predicted molar refractivity (Wildman–Crippen MR) is 219 cm³/mol. The van der Waals surface area contributed by atoms with Gasteiger partial charge in [0.25, 0.3) is 0 Å². The highest BCUT2D eigenvalue weighted by Gasteiger charge is 2.35. The van der Waals surface area contributed by atoms with Crippen LogP contribution in [0.3, 0.4) is 0 Å². The van der Waals surface area contributed by atoms with Gasteiger partial charge in [-0.3, -0.25) is 0 Å². The van der Waals surface area contributed by atoms with Crippen LogP contribution < -0.4 is 0 Å². The Labute approximate surface area is 309 Å². The molecular weight excluding hydrogens is 633 g/mol. The lowest BCUT2D eigenvalue weighted by Crippen LogP contribution is -2.14. The Morgan fingerprint density at radius 3 is 1.46 bits per heavy atom. The Hall–Kier alpha value is -5.34. The van der Waals surface area contributed by atoms with Gasteiger partial charge in [0.05, 0.1) is 0 Å². The summed E-state index contributed by atoms with van der Waals surface area (Å²) in [7, 11) is 0. The van der Waals surface area contributed by atoms with E-state index in [4.69, 9.17) is 0 Å². The summed E-state index contributed by atoms with van der Waals surface area (Å²) in [6.45, 7) is 15.6. The van der Waals surface area contributed by atoms with E-state index < -0.39 is 0 Å². The molecule has 6 aromatic rings. The SMILES string of the molecule is CC1CCc2cc(-c3ccc(C(C)(C)C)cc3)c(O)c(-c3cccc(-c4ccc(C(C)(C)C)cc4)c3O)c2C1=C1c2ccccc2-c2ccccc21. The van der Waals surface area contributed by atoms with Crippen molar-refractivity contribution in [2.75, 3.05) is 0 Å². The van der Waals surface area contributed by atoms with Crippen LogP contribution in [0.4, 0.5) is 0 Å². The number of rotatable bonds is 3. The molecule has 0 spiro atoms. The van der Waals surface area contributed by atoms with Gasteiger partial charge >= 0.3 is 0 Å². The van der Waals surface area contributed by atoms with Crippen LogP contribution in [0.25, 0.3) is 55.7 Å². The van der Waals surface area contributed by atoms with Crippen LogP contribution in [0.15, 0.2) is 121 Å². The van der Waals surface area contributed by atoms with Crippen molar-refractivity contribution >= 4 is 11.1 Å². The first kappa shape index (κ1) is 33.8. The summed E-state index contributed by atoms with van der Waals surface area (Å²) < 4.78 is 0. The minimum Gasteiger partial charge on any atom is -0.507 e. The summed E-state index contributed by atoms with van der Waals surface area (Å²) in [5, 5.41) is 25.0. The monoisotopic (exact) mass is 680 g/mol. The number of phenols is 2. The first-order chi connectivity index (χ1) is 24.8. The fourth-order valence-electron chi connectivity index (χ4n) is 8.43. The maximum atomic E-state index is 12.7. The lowest BCUT2D eigenvalue weighted by atomic mass is 9.72. The molecule has 0 aliphatic heterocycles. The minimum atomic E-state index is 0.0178. The van der Waals surface area contributed by atoms with E-state index in [0.29, 0.717) is 11.1 Å². The molecule has 8 rings (SSSR count). The maximum Gasteiger partial charge on any atom is 0.131 e. The molecule has 1 atom stereocenters. The van der Waals surface area contributed by atoms with Crippen LogP contribution >= 0.6 is 0 Å². The number of fused-ring (bicyclic) bond motifs is 4. The van der Waals surface area contributed by atoms with Gasteiger partial charge in [0.2, 0.25) is 0 Å². The van der Waals surface area contributed by atoms with Crippen molar-refractivity contribution in [3.63, 3.8) is 0 Å². The Morgan fingerprint density at radius 2 is 0.942 bits per heavy atom. The van der Waals surface area contributed by atoms with Gasteiger partial charge < -0.3 is 10.2 Å². The van der Waals surface area contributed by atoms with Crippen molar-refractivity contribution < 1.29 is 10.2 Å². The van der Waals surface area contributed by atoms with E-state index in [1.165, 1.54) is 50.1 Å². The van der Waals surface area contributed by atoms with Crippen LogP contribution in [0.5, 0.6) is 11.5 Å². The molecule has 52 heavy (non-hydrogen) atoms. The second-order valence-electron chi connectivity index (χ2n) is 16.9. The molecule has 0 saturated heterocycles. The van der Waals surface area contributed by atoms with Crippen molar-refractivity contribution in [3.05, 3.63) is 155 Å². The van der Waals surface area contributed by atoms with E-state index in [1.54, 1.807) is 0 Å². The van der Waals surface area contributed by atoms with Crippen molar-refractivity contribution in [3.8, 4) is 56.0 Å². The topological polar surface area (TPSA) is 40.5 Å². The van der Waals surface area contributed by atoms with Crippen molar-refractivity contribution in [2.24, 2.45) is 5.92 Å². The van der Waals surface area contributed by atoms with Crippen molar-refractivity contribution in [1.82, 2.24) is 0 Å². The maximum absolute atomic E-state index is 12.7. The van der Waals surface area contributed by atoms with E-state index >= 15 is 0 Å². The highest BCUT2D eigenvalue weighted by Crippen LogP contribution is 2.57. The van der Waals surface area contributed by atoms with Crippen LogP contribution in [-0.4, -0.2) is 10.2 Å². The molecule has 2 aliphatic carbocycles. The molecule has 2 heteroatoms. The molecule has 260 valence electrons. The highest BCUT2D eigenvalue weighted by atomic mass is 16.3. The summed E-state index contributed by atoms with van der Waals surface area (Å²) in [6, 6.07) is 42.7. The lowest BCUT2D eigenvalue weighted by Gasteiger charge is -2.32. The van der Waals surface area contributed by atoms with E-state index in [0.717, 1.165) is 40.7 Å². The molecule has 0 radical (unpaired) electrons. The van der Waals surface area contributed by atoms with Gasteiger partial charge in [0.1, 0.15) is 11.5 Å². The van der Waals surface area contributed by atoms with Gasteiger partial charge in [-0.15, -0.1) is 0 Å². The van der Waals surface area contributed by atoms with Gasteiger partial charge in [0, 0.05) is 22.3 Å². The third kappa shape index (κ3) is 5.57. The lowest BCUT2D eigenvalue weighted by molar-refractivity contribution is 0.470. The molecule has 2 nitrogen and oxygen atoms in total. The van der Waals surface area contributed by atoms with E-state index in [-0.39, 0.29) is 28.2 Å². The van der Waals surface area contributed by atoms with Gasteiger partial charge in [0.15, 0.2) is 0 Å². The first-order valence-electron chi connectivity index (χ1n) is 18.7.